The van der Waals surface area contributed by atoms with E-state index in [2.05, 4.69) is 10.2 Å². The van der Waals surface area contributed by atoms with E-state index >= 15 is 0 Å². The van der Waals surface area contributed by atoms with Gasteiger partial charge in [-0.3, -0.25) is 4.79 Å². The molecule has 0 saturated carbocycles. The molecule has 8 heteroatoms. The molecule has 1 heterocycles. The normalized spacial score (nSPS) is 15.6. The van der Waals surface area contributed by atoms with Crippen molar-refractivity contribution in [2.45, 2.75) is 16.9 Å². The molecule has 27 heavy (non-hydrogen) atoms. The van der Waals surface area contributed by atoms with Gasteiger partial charge in [0.15, 0.2) is 17.3 Å². The fourth-order valence-electron chi connectivity index (χ4n) is 2.98. The summed E-state index contributed by atoms with van der Waals surface area (Å²) in [6.07, 6.45) is 0.552. The molecule has 0 fully saturated rings. The van der Waals surface area contributed by atoms with Crippen molar-refractivity contribution in [3.05, 3.63) is 47.5 Å². The molecular formula is C19H16N2O5S. The summed E-state index contributed by atoms with van der Waals surface area (Å²) in [6, 6.07) is 10.0. The number of benzene rings is 2. The van der Waals surface area contributed by atoms with Crippen LogP contribution in [0, 0.1) is 0 Å². The van der Waals surface area contributed by atoms with Gasteiger partial charge >= 0.3 is 0 Å². The van der Waals surface area contributed by atoms with Crippen LogP contribution in [0.4, 0.5) is 0 Å². The predicted molar refractivity (Wildman–Crippen MR) is 98.6 cm³/mol. The number of phenols is 1. The maximum absolute atomic E-state index is 12.7. The summed E-state index contributed by atoms with van der Waals surface area (Å²) in [6.45, 7) is 0. The first-order valence-corrected chi connectivity index (χ1v) is 9.05. The highest BCUT2D eigenvalue weighted by atomic mass is 32.2. The Morgan fingerprint density at radius 3 is 2.52 bits per heavy atom. The minimum Gasteiger partial charge on any atom is -0.508 e. The number of phenolic OH excluding ortho intramolecular Hbond substituents is 1. The Morgan fingerprint density at radius 1 is 1.11 bits per heavy atom. The van der Waals surface area contributed by atoms with Crippen molar-refractivity contribution in [3.8, 4) is 28.7 Å². The first-order valence-electron chi connectivity index (χ1n) is 8.17. The molecule has 2 aromatic carbocycles. The number of thioether (sulfide) groups is 1. The summed E-state index contributed by atoms with van der Waals surface area (Å²) < 4.78 is 16.3. The van der Waals surface area contributed by atoms with Gasteiger partial charge in [0.05, 0.1) is 19.5 Å². The Balaban J connectivity index is 1.54. The topological polar surface area (TPSA) is 94.7 Å². The number of Topliss-reactive ketones (excluding diaryl/α,β-unsaturated/α-hetero) is 1. The molecule has 1 aliphatic carbocycles. The van der Waals surface area contributed by atoms with Crippen LogP contribution in [0.15, 0.2) is 46.0 Å². The molecule has 0 radical (unpaired) electrons. The van der Waals surface area contributed by atoms with Gasteiger partial charge in [-0.05, 0) is 48.4 Å². The van der Waals surface area contributed by atoms with Gasteiger partial charge in [-0.2, -0.15) is 0 Å². The van der Waals surface area contributed by atoms with Crippen molar-refractivity contribution in [2.75, 3.05) is 14.2 Å². The summed E-state index contributed by atoms with van der Waals surface area (Å²) in [5.41, 5.74) is 2.24. The molecule has 3 aromatic rings. The summed E-state index contributed by atoms with van der Waals surface area (Å²) in [5.74, 6) is 1.63. The lowest BCUT2D eigenvalue weighted by molar-refractivity contribution is 0.0999. The monoisotopic (exact) mass is 384 g/mol. The third-order valence-corrected chi connectivity index (χ3v) is 5.37. The fourth-order valence-corrected chi connectivity index (χ4v) is 3.94. The van der Waals surface area contributed by atoms with Gasteiger partial charge in [0.2, 0.25) is 5.89 Å². The molecule has 0 unspecified atom stereocenters. The molecule has 1 aromatic heterocycles. The van der Waals surface area contributed by atoms with E-state index < -0.39 is 0 Å². The number of aromatic nitrogens is 2. The largest absolute Gasteiger partial charge is 0.508 e. The van der Waals surface area contributed by atoms with Gasteiger partial charge in [0.1, 0.15) is 5.75 Å². The highest BCUT2D eigenvalue weighted by molar-refractivity contribution is 8.00. The number of fused-ring (bicyclic) bond motifs is 1. The predicted octanol–water partition coefficient (Wildman–Crippen LogP) is 3.36. The van der Waals surface area contributed by atoms with Crippen molar-refractivity contribution in [1.29, 1.82) is 0 Å². The van der Waals surface area contributed by atoms with E-state index in [1.165, 1.54) is 11.8 Å². The van der Waals surface area contributed by atoms with Gasteiger partial charge in [-0.25, -0.2) is 0 Å². The fraction of sp³-hybridized carbons (Fsp3) is 0.211. The van der Waals surface area contributed by atoms with Crippen molar-refractivity contribution in [1.82, 2.24) is 10.2 Å². The van der Waals surface area contributed by atoms with Gasteiger partial charge in [-0.15, -0.1) is 10.2 Å². The minimum atomic E-state index is -0.343. The number of rotatable bonds is 5. The van der Waals surface area contributed by atoms with Gasteiger partial charge in [-0.1, -0.05) is 11.8 Å². The molecule has 0 aliphatic heterocycles. The number of aromatic hydroxyl groups is 1. The average Bonchev–Trinajstić information content (AvgIpc) is 3.26. The maximum atomic E-state index is 12.7. The Bertz CT molecular complexity index is 1000. The summed E-state index contributed by atoms with van der Waals surface area (Å²) >= 11 is 1.24. The van der Waals surface area contributed by atoms with Crippen molar-refractivity contribution >= 4 is 17.5 Å². The number of ketones is 1. The molecular weight excluding hydrogens is 368 g/mol. The summed E-state index contributed by atoms with van der Waals surface area (Å²) in [7, 11) is 3.11. The van der Waals surface area contributed by atoms with Crippen molar-refractivity contribution in [3.63, 3.8) is 0 Å². The smallest absolute Gasteiger partial charge is 0.277 e. The quantitative estimate of drug-likeness (QED) is 0.716. The van der Waals surface area contributed by atoms with E-state index in [1.54, 1.807) is 44.6 Å². The van der Waals surface area contributed by atoms with Crippen molar-refractivity contribution in [2.24, 2.45) is 0 Å². The molecule has 138 valence electrons. The first kappa shape index (κ1) is 17.4. The van der Waals surface area contributed by atoms with E-state index in [0.717, 1.165) is 5.56 Å². The van der Waals surface area contributed by atoms with E-state index in [4.69, 9.17) is 13.9 Å². The minimum absolute atomic E-state index is 0.000312. The van der Waals surface area contributed by atoms with Gasteiger partial charge in [0, 0.05) is 11.1 Å². The molecule has 1 atom stereocenters. The SMILES string of the molecule is COc1cc2c(cc1OC)C(=O)[C@@H](Sc1nnc(-c3ccc(O)cc3)o1)C2. The van der Waals surface area contributed by atoms with Gasteiger partial charge < -0.3 is 19.0 Å². The number of hydrogen-bond donors (Lipinski definition) is 1. The first-order chi connectivity index (χ1) is 13.1. The Kier molecular flexibility index (Phi) is 4.49. The lowest BCUT2D eigenvalue weighted by Gasteiger charge is -2.09. The molecule has 0 spiro atoms. The molecule has 4 rings (SSSR count). The summed E-state index contributed by atoms with van der Waals surface area (Å²) in [4.78, 5) is 12.7. The van der Waals surface area contributed by atoms with E-state index in [-0.39, 0.29) is 16.8 Å². The molecule has 0 bridgehead atoms. The van der Waals surface area contributed by atoms with Crippen LogP contribution in [0.25, 0.3) is 11.5 Å². The summed E-state index contributed by atoms with van der Waals surface area (Å²) in [5, 5.41) is 17.4. The zero-order chi connectivity index (χ0) is 19.0. The number of carbonyl (C=O) groups is 1. The molecule has 0 saturated heterocycles. The molecule has 7 nitrogen and oxygen atoms in total. The number of nitrogens with zero attached hydrogens (tertiary/aromatic N) is 2. The van der Waals surface area contributed by atoms with Crippen LogP contribution in [0.3, 0.4) is 0 Å². The Labute approximate surface area is 159 Å². The third kappa shape index (κ3) is 3.23. The highest BCUT2D eigenvalue weighted by Gasteiger charge is 2.34. The van der Waals surface area contributed by atoms with Crippen LogP contribution in [0.1, 0.15) is 15.9 Å². The standard InChI is InChI=1S/C19H16N2O5S/c1-24-14-7-11-8-16(17(23)13(11)9-15(14)25-2)27-19-21-20-18(26-19)10-3-5-12(22)6-4-10/h3-7,9,16,22H,8H2,1-2H3/t16-/m0/s1. The van der Waals surface area contributed by atoms with Crippen LogP contribution in [-0.4, -0.2) is 40.6 Å². The van der Waals surface area contributed by atoms with Crippen LogP contribution >= 0.6 is 11.8 Å². The average molecular weight is 384 g/mol. The number of ether oxygens (including phenoxy) is 2. The van der Waals surface area contributed by atoms with Gasteiger partial charge in [0.25, 0.3) is 5.22 Å². The van der Waals surface area contributed by atoms with Crippen molar-refractivity contribution < 1.29 is 23.8 Å². The lowest BCUT2D eigenvalue weighted by Crippen LogP contribution is -2.11. The van der Waals surface area contributed by atoms with E-state index in [0.29, 0.717) is 40.2 Å². The Morgan fingerprint density at radius 2 is 1.81 bits per heavy atom. The number of carbonyl (C=O) groups excluding carboxylic acids is 1. The lowest BCUT2D eigenvalue weighted by atomic mass is 10.1. The zero-order valence-corrected chi connectivity index (χ0v) is 15.4. The second kappa shape index (κ2) is 6.96. The van der Waals surface area contributed by atoms with Crippen LogP contribution in [0.2, 0.25) is 0 Å². The van der Waals surface area contributed by atoms with Crippen LogP contribution in [0.5, 0.6) is 17.2 Å². The van der Waals surface area contributed by atoms with E-state index in [9.17, 15) is 9.90 Å². The number of hydrogen-bond acceptors (Lipinski definition) is 8. The highest BCUT2D eigenvalue weighted by Crippen LogP contribution is 2.39. The molecule has 1 N–H and O–H groups in total. The van der Waals surface area contributed by atoms with Crippen LogP contribution < -0.4 is 9.47 Å². The maximum Gasteiger partial charge on any atom is 0.277 e. The molecule has 0 amide bonds. The zero-order valence-electron chi connectivity index (χ0n) is 14.6. The van der Waals surface area contributed by atoms with E-state index in [1.807, 2.05) is 6.07 Å². The van der Waals surface area contributed by atoms with Crippen LogP contribution in [-0.2, 0) is 6.42 Å². The Hall–Kier alpha value is -3.00. The molecule has 1 aliphatic rings. The second-order valence-corrected chi connectivity index (χ2v) is 7.11. The third-order valence-electron chi connectivity index (χ3n) is 4.34. The number of methoxy groups -OCH3 is 2. The second-order valence-electron chi connectivity index (χ2n) is 5.96.